The molecule has 130 valence electrons. The molecule has 2 aromatic heterocycles. The van der Waals surface area contributed by atoms with Crippen molar-refractivity contribution in [3.8, 4) is 0 Å². The quantitative estimate of drug-likeness (QED) is 0.570. The minimum atomic E-state index is -0.281. The van der Waals surface area contributed by atoms with Crippen LogP contribution in [-0.2, 0) is 16.0 Å². The molecule has 1 aliphatic carbocycles. The molecule has 0 saturated heterocycles. The number of thioether (sulfide) groups is 1. The number of nitrogens with zero attached hydrogens (tertiary/aromatic N) is 3. The zero-order valence-electron chi connectivity index (χ0n) is 14.1. The highest BCUT2D eigenvalue weighted by Gasteiger charge is 2.26. The standard InChI is InChI=1S/C17H23N3O2S2/c1-12(16(21)22-2)24-17-19-18-15(11-14-9-6-10-23-14)20(17)13-7-4-3-5-8-13/h6,9-10,12-13H,3-5,7-8,11H2,1-2H3. The Hall–Kier alpha value is -1.34. The molecule has 1 atom stereocenters. The van der Waals surface area contributed by atoms with Crippen LogP contribution in [0.2, 0.25) is 0 Å². The van der Waals surface area contributed by atoms with Gasteiger partial charge in [-0.15, -0.1) is 21.5 Å². The Balaban J connectivity index is 1.86. The van der Waals surface area contributed by atoms with Crippen molar-refractivity contribution >= 4 is 29.1 Å². The molecule has 0 N–H and O–H groups in total. The van der Waals surface area contributed by atoms with Crippen molar-refractivity contribution in [2.45, 2.75) is 61.9 Å². The van der Waals surface area contributed by atoms with Gasteiger partial charge in [0, 0.05) is 17.3 Å². The third-order valence-electron chi connectivity index (χ3n) is 4.40. The Labute approximate surface area is 150 Å². The molecule has 1 saturated carbocycles. The van der Waals surface area contributed by atoms with E-state index in [1.807, 2.05) is 6.92 Å². The fourth-order valence-electron chi connectivity index (χ4n) is 3.16. The molecule has 2 aromatic rings. The van der Waals surface area contributed by atoms with Crippen LogP contribution >= 0.6 is 23.1 Å². The number of hydrogen-bond acceptors (Lipinski definition) is 6. The van der Waals surface area contributed by atoms with Crippen LogP contribution in [0.25, 0.3) is 0 Å². The van der Waals surface area contributed by atoms with E-state index in [2.05, 4.69) is 32.3 Å². The van der Waals surface area contributed by atoms with Crippen LogP contribution in [0, 0.1) is 0 Å². The highest BCUT2D eigenvalue weighted by atomic mass is 32.2. The minimum Gasteiger partial charge on any atom is -0.468 e. The Morgan fingerprint density at radius 2 is 2.21 bits per heavy atom. The number of carbonyl (C=O) groups is 1. The number of aromatic nitrogens is 3. The maximum atomic E-state index is 11.8. The van der Waals surface area contributed by atoms with E-state index in [1.165, 1.54) is 43.0 Å². The molecule has 1 fully saturated rings. The van der Waals surface area contributed by atoms with Crippen LogP contribution in [0.4, 0.5) is 0 Å². The smallest absolute Gasteiger partial charge is 0.318 e. The molecule has 0 aromatic carbocycles. The van der Waals surface area contributed by atoms with Gasteiger partial charge in [0.05, 0.1) is 7.11 Å². The molecule has 5 nitrogen and oxygen atoms in total. The monoisotopic (exact) mass is 365 g/mol. The van der Waals surface area contributed by atoms with E-state index in [9.17, 15) is 4.79 Å². The average Bonchev–Trinajstić information content (AvgIpc) is 3.25. The number of methoxy groups -OCH3 is 1. The van der Waals surface area contributed by atoms with E-state index in [4.69, 9.17) is 4.74 Å². The summed E-state index contributed by atoms with van der Waals surface area (Å²) < 4.78 is 7.13. The van der Waals surface area contributed by atoms with Crippen LogP contribution in [0.1, 0.15) is 55.8 Å². The maximum absolute atomic E-state index is 11.8. The molecule has 2 heterocycles. The number of carbonyl (C=O) groups excluding carboxylic acids is 1. The summed E-state index contributed by atoms with van der Waals surface area (Å²) in [5.41, 5.74) is 0. The molecule has 0 radical (unpaired) electrons. The Morgan fingerprint density at radius 1 is 1.42 bits per heavy atom. The fraction of sp³-hybridized carbons (Fsp3) is 0.588. The van der Waals surface area contributed by atoms with Gasteiger partial charge in [-0.2, -0.15) is 0 Å². The molecule has 0 spiro atoms. The normalized spacial score (nSPS) is 16.9. The SMILES string of the molecule is COC(=O)C(C)Sc1nnc(Cc2cccs2)n1C1CCCCC1. The highest BCUT2D eigenvalue weighted by molar-refractivity contribution is 8.00. The van der Waals surface area contributed by atoms with Crippen molar-refractivity contribution in [3.05, 3.63) is 28.2 Å². The van der Waals surface area contributed by atoms with E-state index >= 15 is 0 Å². The van der Waals surface area contributed by atoms with Crippen molar-refractivity contribution in [2.75, 3.05) is 7.11 Å². The summed E-state index contributed by atoms with van der Waals surface area (Å²) in [6, 6.07) is 4.64. The van der Waals surface area contributed by atoms with Crippen LogP contribution < -0.4 is 0 Å². The molecular weight excluding hydrogens is 342 g/mol. The number of ether oxygens (including phenoxy) is 1. The van der Waals surface area contributed by atoms with Gasteiger partial charge in [-0.1, -0.05) is 37.1 Å². The molecule has 0 amide bonds. The summed E-state index contributed by atoms with van der Waals surface area (Å²) in [6.07, 6.45) is 6.93. The molecule has 0 bridgehead atoms. The lowest BCUT2D eigenvalue weighted by atomic mass is 9.95. The summed E-state index contributed by atoms with van der Waals surface area (Å²) in [6.45, 7) is 1.86. The third kappa shape index (κ3) is 4.00. The van der Waals surface area contributed by atoms with Crippen molar-refractivity contribution < 1.29 is 9.53 Å². The van der Waals surface area contributed by atoms with E-state index < -0.39 is 0 Å². The van der Waals surface area contributed by atoms with Crippen LogP contribution in [-0.4, -0.2) is 33.1 Å². The second-order valence-electron chi connectivity index (χ2n) is 6.10. The molecule has 24 heavy (non-hydrogen) atoms. The molecule has 0 aliphatic heterocycles. The van der Waals surface area contributed by atoms with Crippen LogP contribution in [0.3, 0.4) is 0 Å². The summed E-state index contributed by atoms with van der Waals surface area (Å²) in [7, 11) is 1.42. The second kappa shape index (κ2) is 8.16. The maximum Gasteiger partial charge on any atom is 0.318 e. The first kappa shape index (κ1) is 17.5. The number of esters is 1. The lowest BCUT2D eigenvalue weighted by molar-refractivity contribution is -0.139. The van der Waals surface area contributed by atoms with Crippen molar-refractivity contribution in [1.82, 2.24) is 14.8 Å². The summed E-state index contributed by atoms with van der Waals surface area (Å²) in [4.78, 5) is 13.1. The molecule has 1 aliphatic rings. The van der Waals surface area contributed by atoms with Crippen molar-refractivity contribution in [2.24, 2.45) is 0 Å². The lowest BCUT2D eigenvalue weighted by Gasteiger charge is -2.26. The summed E-state index contributed by atoms with van der Waals surface area (Å²) >= 11 is 3.19. The fourth-order valence-corrected chi connectivity index (χ4v) is 4.82. The number of thiophene rings is 1. The van der Waals surface area contributed by atoms with E-state index in [0.717, 1.165) is 30.2 Å². The molecule has 7 heteroatoms. The number of hydrogen-bond donors (Lipinski definition) is 0. The summed E-state index contributed by atoms with van der Waals surface area (Å²) in [5, 5.41) is 11.5. The van der Waals surface area contributed by atoms with Crippen LogP contribution in [0.5, 0.6) is 0 Å². The van der Waals surface area contributed by atoms with E-state index in [0.29, 0.717) is 6.04 Å². The van der Waals surface area contributed by atoms with Gasteiger partial charge in [-0.25, -0.2) is 0 Å². The Kier molecular flexibility index (Phi) is 5.94. The van der Waals surface area contributed by atoms with Gasteiger partial charge in [-0.3, -0.25) is 4.79 Å². The first-order chi connectivity index (χ1) is 11.7. The first-order valence-electron chi connectivity index (χ1n) is 8.39. The minimum absolute atomic E-state index is 0.224. The molecule has 3 rings (SSSR count). The first-order valence-corrected chi connectivity index (χ1v) is 10.2. The third-order valence-corrected chi connectivity index (χ3v) is 6.31. The van der Waals surface area contributed by atoms with Gasteiger partial charge in [0.1, 0.15) is 11.1 Å². The van der Waals surface area contributed by atoms with Crippen LogP contribution in [0.15, 0.2) is 22.7 Å². The second-order valence-corrected chi connectivity index (χ2v) is 8.44. The topological polar surface area (TPSA) is 57.0 Å². The predicted octanol–water partition coefficient (Wildman–Crippen LogP) is 4.09. The average molecular weight is 366 g/mol. The number of rotatable bonds is 6. The van der Waals surface area contributed by atoms with Gasteiger partial charge < -0.3 is 9.30 Å². The van der Waals surface area contributed by atoms with Gasteiger partial charge in [0.25, 0.3) is 0 Å². The molecule has 1 unspecified atom stereocenters. The van der Waals surface area contributed by atoms with Crippen molar-refractivity contribution in [1.29, 1.82) is 0 Å². The molecular formula is C17H23N3O2S2. The Bertz CT molecular complexity index is 663. The van der Waals surface area contributed by atoms with Crippen molar-refractivity contribution in [3.63, 3.8) is 0 Å². The summed E-state index contributed by atoms with van der Waals surface area (Å²) in [5.74, 6) is 0.780. The van der Waals surface area contributed by atoms with E-state index in [-0.39, 0.29) is 11.2 Å². The van der Waals surface area contributed by atoms with E-state index in [1.54, 1.807) is 11.3 Å². The largest absolute Gasteiger partial charge is 0.468 e. The predicted molar refractivity (Wildman–Crippen MR) is 96.6 cm³/mol. The van der Waals surface area contributed by atoms with Gasteiger partial charge in [-0.05, 0) is 31.2 Å². The van der Waals surface area contributed by atoms with Gasteiger partial charge in [0.15, 0.2) is 5.16 Å². The van der Waals surface area contributed by atoms with Gasteiger partial charge >= 0.3 is 5.97 Å². The zero-order valence-corrected chi connectivity index (χ0v) is 15.7. The highest BCUT2D eigenvalue weighted by Crippen LogP contribution is 2.34. The lowest BCUT2D eigenvalue weighted by Crippen LogP contribution is -2.19. The van der Waals surface area contributed by atoms with Gasteiger partial charge in [0.2, 0.25) is 0 Å². The zero-order chi connectivity index (χ0) is 16.9. The Morgan fingerprint density at radius 3 is 2.88 bits per heavy atom.